The molecule has 9 nitrogen and oxygen atoms in total. The highest BCUT2D eigenvalue weighted by Gasteiger charge is 2.23. The lowest BCUT2D eigenvalue weighted by atomic mass is 10.1. The average Bonchev–Trinajstić information content (AvgIpc) is 3.44. The van der Waals surface area contributed by atoms with Crippen LogP contribution in [0.15, 0.2) is 24.5 Å². The first-order valence-electron chi connectivity index (χ1n) is 9.47. The number of hydrogen-bond donors (Lipinski definition) is 3. The molecule has 0 radical (unpaired) electrons. The SMILES string of the molecule is c1n[nH]cc1-c1ccc2nc(N[C@@H]3CCCNC3)nn2c1O[C@H]1CCOC1. The number of pyridine rings is 1. The minimum atomic E-state index is 0.0180. The number of fused-ring (bicyclic) bond motifs is 1. The molecule has 3 aromatic rings. The van der Waals surface area contributed by atoms with Gasteiger partial charge in [0.05, 0.1) is 19.4 Å². The zero-order valence-corrected chi connectivity index (χ0v) is 15.0. The van der Waals surface area contributed by atoms with Gasteiger partial charge in [-0.2, -0.15) is 14.6 Å². The molecule has 142 valence electrons. The van der Waals surface area contributed by atoms with Gasteiger partial charge in [0.15, 0.2) is 5.65 Å². The van der Waals surface area contributed by atoms with Gasteiger partial charge in [-0.15, -0.1) is 5.10 Å². The third kappa shape index (κ3) is 3.35. The zero-order chi connectivity index (χ0) is 18.1. The lowest BCUT2D eigenvalue weighted by Gasteiger charge is -2.22. The van der Waals surface area contributed by atoms with E-state index in [1.54, 1.807) is 10.7 Å². The van der Waals surface area contributed by atoms with E-state index >= 15 is 0 Å². The van der Waals surface area contributed by atoms with Crippen molar-refractivity contribution < 1.29 is 9.47 Å². The van der Waals surface area contributed by atoms with Gasteiger partial charge in [0.1, 0.15) is 6.10 Å². The van der Waals surface area contributed by atoms with Crippen molar-refractivity contribution in [1.29, 1.82) is 0 Å². The van der Waals surface area contributed by atoms with Gasteiger partial charge in [-0.3, -0.25) is 5.10 Å². The summed E-state index contributed by atoms with van der Waals surface area (Å²) in [6.07, 6.45) is 6.79. The second-order valence-electron chi connectivity index (χ2n) is 7.04. The van der Waals surface area contributed by atoms with Gasteiger partial charge in [0, 0.05) is 36.3 Å². The molecule has 3 aromatic heterocycles. The number of anilines is 1. The number of nitrogens with zero attached hydrogens (tertiary/aromatic N) is 4. The van der Waals surface area contributed by atoms with Crippen LogP contribution >= 0.6 is 0 Å². The Morgan fingerprint density at radius 3 is 3.07 bits per heavy atom. The number of hydrogen-bond acceptors (Lipinski definition) is 7. The van der Waals surface area contributed by atoms with E-state index in [4.69, 9.17) is 9.47 Å². The Kier molecular flexibility index (Phi) is 4.38. The molecule has 2 aliphatic rings. The minimum absolute atomic E-state index is 0.0180. The molecule has 0 saturated carbocycles. The largest absolute Gasteiger partial charge is 0.471 e. The molecule has 2 saturated heterocycles. The van der Waals surface area contributed by atoms with E-state index in [2.05, 4.69) is 30.9 Å². The van der Waals surface area contributed by atoms with Crippen molar-refractivity contribution in [2.24, 2.45) is 0 Å². The van der Waals surface area contributed by atoms with Crippen LogP contribution in [0.25, 0.3) is 16.8 Å². The second-order valence-corrected chi connectivity index (χ2v) is 7.04. The summed E-state index contributed by atoms with van der Waals surface area (Å²) in [6.45, 7) is 3.32. The first kappa shape index (κ1) is 16.5. The van der Waals surface area contributed by atoms with Crippen LogP contribution < -0.4 is 15.4 Å². The average molecular weight is 369 g/mol. The van der Waals surface area contributed by atoms with Crippen LogP contribution in [0.3, 0.4) is 0 Å². The second kappa shape index (κ2) is 7.16. The molecule has 2 atom stereocenters. The molecule has 0 spiro atoms. The molecule has 0 bridgehead atoms. The Balaban J connectivity index is 1.51. The van der Waals surface area contributed by atoms with Crippen molar-refractivity contribution in [2.75, 3.05) is 31.6 Å². The lowest BCUT2D eigenvalue weighted by Crippen LogP contribution is -2.38. The molecule has 3 N–H and O–H groups in total. The molecule has 2 aliphatic heterocycles. The van der Waals surface area contributed by atoms with Crippen molar-refractivity contribution in [1.82, 2.24) is 30.1 Å². The highest BCUT2D eigenvalue weighted by Crippen LogP contribution is 2.32. The third-order valence-electron chi connectivity index (χ3n) is 5.06. The van der Waals surface area contributed by atoms with E-state index in [0.29, 0.717) is 24.5 Å². The molecule has 5 heterocycles. The fourth-order valence-electron chi connectivity index (χ4n) is 3.64. The third-order valence-corrected chi connectivity index (χ3v) is 5.06. The summed E-state index contributed by atoms with van der Waals surface area (Å²) in [4.78, 5) is 4.64. The summed E-state index contributed by atoms with van der Waals surface area (Å²) in [5, 5.41) is 18.5. The maximum atomic E-state index is 6.30. The fourth-order valence-corrected chi connectivity index (χ4v) is 3.64. The molecule has 2 fully saturated rings. The normalized spacial score (nSPS) is 23.0. The first-order valence-corrected chi connectivity index (χ1v) is 9.47. The molecule has 0 unspecified atom stereocenters. The highest BCUT2D eigenvalue weighted by atomic mass is 16.6. The van der Waals surface area contributed by atoms with Crippen LogP contribution in [-0.4, -0.2) is 63.2 Å². The van der Waals surface area contributed by atoms with E-state index in [-0.39, 0.29) is 6.10 Å². The smallest absolute Gasteiger partial charge is 0.243 e. The van der Waals surface area contributed by atoms with E-state index in [9.17, 15) is 0 Å². The summed E-state index contributed by atoms with van der Waals surface area (Å²) in [5.74, 6) is 1.30. The predicted octanol–water partition coefficient (Wildman–Crippen LogP) is 1.45. The lowest BCUT2D eigenvalue weighted by molar-refractivity contribution is 0.136. The molecular weight excluding hydrogens is 346 g/mol. The Bertz CT molecular complexity index is 896. The summed E-state index contributed by atoms with van der Waals surface area (Å²) >= 11 is 0. The number of aromatic nitrogens is 5. The Hall–Kier alpha value is -2.65. The maximum Gasteiger partial charge on any atom is 0.243 e. The van der Waals surface area contributed by atoms with Crippen molar-refractivity contribution in [2.45, 2.75) is 31.4 Å². The molecule has 9 heteroatoms. The molecule has 27 heavy (non-hydrogen) atoms. The van der Waals surface area contributed by atoms with Gasteiger partial charge in [0.25, 0.3) is 0 Å². The van der Waals surface area contributed by atoms with E-state index < -0.39 is 0 Å². The molecular formula is C18H23N7O2. The van der Waals surface area contributed by atoms with Crippen LogP contribution in [0.4, 0.5) is 5.95 Å². The van der Waals surface area contributed by atoms with Crippen LogP contribution in [0, 0.1) is 0 Å². The molecule has 0 aliphatic carbocycles. The van der Waals surface area contributed by atoms with Crippen molar-refractivity contribution in [3.8, 4) is 17.0 Å². The van der Waals surface area contributed by atoms with Gasteiger partial charge >= 0.3 is 0 Å². The standard InChI is InChI=1S/C18H23N7O2/c1-2-13(10-19-6-1)22-18-23-16-4-3-15(12-8-20-21-9-12)17(25(16)24-18)27-14-5-7-26-11-14/h3-4,8-9,13-14,19H,1-2,5-7,10-11H2,(H,20,21)(H,22,24)/t13-,14+/m1/s1. The van der Waals surface area contributed by atoms with Crippen LogP contribution in [0.2, 0.25) is 0 Å². The monoisotopic (exact) mass is 369 g/mol. The number of nitrogens with one attached hydrogen (secondary N) is 3. The van der Waals surface area contributed by atoms with E-state index in [1.807, 2.05) is 18.3 Å². The number of aromatic amines is 1. The minimum Gasteiger partial charge on any atom is -0.471 e. The topological polar surface area (TPSA) is 101 Å². The Morgan fingerprint density at radius 2 is 2.30 bits per heavy atom. The molecule has 0 aromatic carbocycles. The summed E-state index contributed by atoms with van der Waals surface area (Å²) in [7, 11) is 0. The Morgan fingerprint density at radius 1 is 1.30 bits per heavy atom. The van der Waals surface area contributed by atoms with E-state index in [0.717, 1.165) is 55.7 Å². The highest BCUT2D eigenvalue weighted by molar-refractivity contribution is 5.70. The maximum absolute atomic E-state index is 6.30. The molecule has 0 amide bonds. The number of ether oxygens (including phenoxy) is 2. The van der Waals surface area contributed by atoms with Gasteiger partial charge in [-0.1, -0.05) is 0 Å². The summed E-state index contributed by atoms with van der Waals surface area (Å²) in [5.41, 5.74) is 2.63. The number of H-pyrrole nitrogens is 1. The van der Waals surface area contributed by atoms with Gasteiger partial charge < -0.3 is 20.1 Å². The van der Waals surface area contributed by atoms with Crippen LogP contribution in [0.5, 0.6) is 5.88 Å². The first-order chi connectivity index (χ1) is 13.4. The van der Waals surface area contributed by atoms with E-state index in [1.165, 1.54) is 0 Å². The number of rotatable bonds is 5. The number of piperidine rings is 1. The Labute approximate surface area is 156 Å². The summed E-state index contributed by atoms with van der Waals surface area (Å²) in [6, 6.07) is 4.31. The molecule has 5 rings (SSSR count). The zero-order valence-electron chi connectivity index (χ0n) is 15.0. The van der Waals surface area contributed by atoms with Crippen LogP contribution in [0.1, 0.15) is 19.3 Å². The van der Waals surface area contributed by atoms with Crippen molar-refractivity contribution >= 4 is 11.6 Å². The fraction of sp³-hybridized carbons (Fsp3) is 0.500. The van der Waals surface area contributed by atoms with Crippen molar-refractivity contribution in [3.05, 3.63) is 24.5 Å². The quantitative estimate of drug-likeness (QED) is 0.626. The van der Waals surface area contributed by atoms with Gasteiger partial charge in [0.2, 0.25) is 11.8 Å². The van der Waals surface area contributed by atoms with Gasteiger partial charge in [-0.25, -0.2) is 0 Å². The summed E-state index contributed by atoms with van der Waals surface area (Å²) < 4.78 is 13.5. The van der Waals surface area contributed by atoms with Crippen molar-refractivity contribution in [3.63, 3.8) is 0 Å². The van der Waals surface area contributed by atoms with Gasteiger partial charge in [-0.05, 0) is 31.5 Å². The van der Waals surface area contributed by atoms with Crippen LogP contribution in [-0.2, 0) is 4.74 Å². The predicted molar refractivity (Wildman–Crippen MR) is 99.9 cm³/mol.